The highest BCUT2D eigenvalue weighted by molar-refractivity contribution is 7.08. The van der Waals surface area contributed by atoms with E-state index in [0.29, 0.717) is 38.2 Å². The van der Waals surface area contributed by atoms with Crippen LogP contribution >= 0.6 is 11.3 Å². The van der Waals surface area contributed by atoms with E-state index in [0.717, 1.165) is 11.1 Å². The van der Waals surface area contributed by atoms with Crippen LogP contribution in [0.4, 0.5) is 0 Å². The maximum absolute atomic E-state index is 12.4. The number of hydrogen-bond acceptors (Lipinski definition) is 5. The second-order valence-electron chi connectivity index (χ2n) is 6.40. The average molecular weight is 369 g/mol. The first-order valence-electron chi connectivity index (χ1n) is 8.64. The van der Waals surface area contributed by atoms with Crippen LogP contribution < -0.4 is 5.76 Å². The molecule has 0 bridgehead atoms. The summed E-state index contributed by atoms with van der Waals surface area (Å²) in [5, 5.41) is 8.36. The molecular weight excluding hydrogens is 350 g/mol. The van der Waals surface area contributed by atoms with Gasteiger partial charge in [0.2, 0.25) is 11.8 Å². The lowest BCUT2D eigenvalue weighted by molar-refractivity contribution is -0.131. The van der Waals surface area contributed by atoms with E-state index >= 15 is 0 Å². The highest BCUT2D eigenvalue weighted by Crippen LogP contribution is 2.23. The Kier molecular flexibility index (Phi) is 4.71. The number of benzene rings is 1. The molecule has 0 atom stereocenters. The third-order valence-corrected chi connectivity index (χ3v) is 5.42. The Morgan fingerprint density at radius 2 is 1.96 bits per heavy atom. The van der Waals surface area contributed by atoms with E-state index in [1.54, 1.807) is 11.3 Å². The Labute approximate surface area is 154 Å². The fourth-order valence-electron chi connectivity index (χ4n) is 3.26. The van der Waals surface area contributed by atoms with Gasteiger partial charge in [0.25, 0.3) is 0 Å². The molecule has 1 fully saturated rings. The fourth-order valence-corrected chi connectivity index (χ4v) is 3.92. The van der Waals surface area contributed by atoms with Crippen LogP contribution in [0.5, 0.6) is 0 Å². The van der Waals surface area contributed by atoms with Crippen molar-refractivity contribution in [3.8, 4) is 11.5 Å². The molecule has 1 aromatic carbocycles. The van der Waals surface area contributed by atoms with Crippen LogP contribution in [0.2, 0.25) is 0 Å². The zero-order valence-corrected chi connectivity index (χ0v) is 15.0. The number of aromatic nitrogens is 2. The molecule has 134 valence electrons. The van der Waals surface area contributed by atoms with Crippen LogP contribution in [0.15, 0.2) is 56.4 Å². The van der Waals surface area contributed by atoms with E-state index in [2.05, 4.69) is 5.10 Å². The van der Waals surface area contributed by atoms with Gasteiger partial charge in [-0.2, -0.15) is 16.0 Å². The molecule has 1 aliphatic heterocycles. The van der Waals surface area contributed by atoms with Crippen molar-refractivity contribution in [2.45, 2.75) is 25.3 Å². The molecule has 0 radical (unpaired) electrons. The summed E-state index contributed by atoms with van der Waals surface area (Å²) in [6, 6.07) is 11.3. The molecule has 0 unspecified atom stereocenters. The molecule has 1 aliphatic rings. The van der Waals surface area contributed by atoms with Crippen LogP contribution in [-0.2, 0) is 11.2 Å². The molecule has 0 aliphatic carbocycles. The summed E-state index contributed by atoms with van der Waals surface area (Å²) in [5.74, 6) is 0.0396. The molecule has 0 spiro atoms. The molecule has 2 aromatic heterocycles. The van der Waals surface area contributed by atoms with Gasteiger partial charge in [-0.3, -0.25) is 4.79 Å². The molecule has 0 saturated carbocycles. The highest BCUT2D eigenvalue weighted by Gasteiger charge is 2.26. The Balaban J connectivity index is 1.41. The minimum absolute atomic E-state index is 0.0334. The van der Waals surface area contributed by atoms with Crippen molar-refractivity contribution in [1.82, 2.24) is 14.7 Å². The largest absolute Gasteiger partial charge is 0.437 e. The molecule has 0 N–H and O–H groups in total. The molecule has 6 nitrogen and oxygen atoms in total. The number of carbonyl (C=O) groups excluding carboxylic acids is 1. The first-order valence-corrected chi connectivity index (χ1v) is 9.59. The predicted octanol–water partition coefficient (Wildman–Crippen LogP) is 2.97. The van der Waals surface area contributed by atoms with E-state index in [1.165, 1.54) is 4.68 Å². The van der Waals surface area contributed by atoms with E-state index in [4.69, 9.17) is 4.42 Å². The minimum Gasteiger partial charge on any atom is -0.388 e. The van der Waals surface area contributed by atoms with Crippen LogP contribution in [0.1, 0.15) is 24.4 Å². The van der Waals surface area contributed by atoms with E-state index in [1.807, 2.05) is 52.1 Å². The Hall–Kier alpha value is -2.67. The number of likely N-dealkylation sites (tertiary alicyclic amines) is 1. The Morgan fingerprint density at radius 1 is 1.19 bits per heavy atom. The van der Waals surface area contributed by atoms with Gasteiger partial charge in [-0.1, -0.05) is 18.2 Å². The molecule has 1 saturated heterocycles. The van der Waals surface area contributed by atoms with E-state index in [-0.39, 0.29) is 11.9 Å². The lowest BCUT2D eigenvalue weighted by Crippen LogP contribution is -2.41. The van der Waals surface area contributed by atoms with Crippen molar-refractivity contribution < 1.29 is 9.21 Å². The van der Waals surface area contributed by atoms with Crippen molar-refractivity contribution in [3.63, 3.8) is 0 Å². The van der Waals surface area contributed by atoms with E-state index < -0.39 is 5.76 Å². The second kappa shape index (κ2) is 7.29. The van der Waals surface area contributed by atoms with Crippen molar-refractivity contribution in [2.24, 2.45) is 0 Å². The fraction of sp³-hybridized carbons (Fsp3) is 0.316. The maximum Gasteiger partial charge on any atom is 0.437 e. The van der Waals surface area contributed by atoms with Gasteiger partial charge in [0.05, 0.1) is 12.5 Å². The predicted molar refractivity (Wildman–Crippen MR) is 99.1 cm³/mol. The first-order chi connectivity index (χ1) is 12.7. The summed E-state index contributed by atoms with van der Waals surface area (Å²) in [4.78, 5) is 26.5. The summed E-state index contributed by atoms with van der Waals surface area (Å²) < 4.78 is 6.75. The summed E-state index contributed by atoms with van der Waals surface area (Å²) in [5.41, 5.74) is 1.84. The lowest BCUT2D eigenvalue weighted by atomic mass is 10.0. The third kappa shape index (κ3) is 3.48. The molecule has 3 heterocycles. The van der Waals surface area contributed by atoms with Gasteiger partial charge < -0.3 is 9.32 Å². The lowest BCUT2D eigenvalue weighted by Gasteiger charge is -2.31. The quantitative estimate of drug-likeness (QED) is 0.709. The number of amides is 1. The molecule has 26 heavy (non-hydrogen) atoms. The monoisotopic (exact) mass is 369 g/mol. The van der Waals surface area contributed by atoms with Gasteiger partial charge in [-0.25, -0.2) is 4.79 Å². The number of piperidine rings is 1. The maximum atomic E-state index is 12.4. The summed E-state index contributed by atoms with van der Waals surface area (Å²) in [6.07, 6.45) is 1.85. The first kappa shape index (κ1) is 16.8. The van der Waals surface area contributed by atoms with Gasteiger partial charge in [0.15, 0.2) is 0 Å². The number of hydrogen-bond donors (Lipinski definition) is 0. The Bertz CT molecular complexity index is 923. The second-order valence-corrected chi connectivity index (χ2v) is 7.18. The van der Waals surface area contributed by atoms with Gasteiger partial charge in [-0.15, -0.1) is 5.10 Å². The van der Waals surface area contributed by atoms with Crippen LogP contribution in [0.3, 0.4) is 0 Å². The molecule has 4 rings (SSSR count). The summed E-state index contributed by atoms with van der Waals surface area (Å²) in [6.45, 7) is 1.27. The Morgan fingerprint density at radius 3 is 2.65 bits per heavy atom. The number of rotatable bonds is 4. The van der Waals surface area contributed by atoms with Crippen LogP contribution in [0, 0.1) is 0 Å². The number of thiophene rings is 1. The average Bonchev–Trinajstić information content (AvgIpc) is 3.32. The molecule has 1 amide bonds. The third-order valence-electron chi connectivity index (χ3n) is 4.69. The molecular formula is C19H19N3O3S. The highest BCUT2D eigenvalue weighted by atomic mass is 32.1. The topological polar surface area (TPSA) is 68.3 Å². The molecule has 3 aromatic rings. The van der Waals surface area contributed by atoms with Crippen molar-refractivity contribution in [2.75, 3.05) is 13.1 Å². The van der Waals surface area contributed by atoms with E-state index in [9.17, 15) is 9.59 Å². The normalized spacial score (nSPS) is 15.3. The van der Waals surface area contributed by atoms with Gasteiger partial charge in [0, 0.05) is 18.7 Å². The summed E-state index contributed by atoms with van der Waals surface area (Å²) in [7, 11) is 0. The zero-order valence-electron chi connectivity index (χ0n) is 14.2. The van der Waals surface area contributed by atoms with Crippen LogP contribution in [0.25, 0.3) is 11.5 Å². The summed E-state index contributed by atoms with van der Waals surface area (Å²) >= 11 is 1.60. The van der Waals surface area contributed by atoms with Gasteiger partial charge >= 0.3 is 5.76 Å². The standard InChI is InChI=1S/C19H19N3O3S/c23-17(12-14-8-11-26-13-14)21-9-6-16(7-10-21)22-19(24)25-18(20-22)15-4-2-1-3-5-15/h1-5,8,11,13,16H,6-7,9-10,12H2. The molecule has 7 heteroatoms. The van der Waals surface area contributed by atoms with Crippen molar-refractivity contribution in [3.05, 3.63) is 63.3 Å². The van der Waals surface area contributed by atoms with Crippen molar-refractivity contribution in [1.29, 1.82) is 0 Å². The smallest absolute Gasteiger partial charge is 0.388 e. The minimum atomic E-state index is -0.438. The van der Waals surface area contributed by atoms with Crippen molar-refractivity contribution >= 4 is 17.2 Å². The SMILES string of the molecule is O=C(Cc1ccsc1)N1CCC(n2nc(-c3ccccc3)oc2=O)CC1. The van der Waals surface area contributed by atoms with Crippen LogP contribution in [-0.4, -0.2) is 33.7 Å². The van der Waals surface area contributed by atoms with Gasteiger partial charge in [-0.05, 0) is 47.4 Å². The number of carbonyl (C=O) groups is 1. The zero-order chi connectivity index (χ0) is 17.9. The van der Waals surface area contributed by atoms with Gasteiger partial charge in [0.1, 0.15) is 0 Å². The number of nitrogens with zero attached hydrogens (tertiary/aromatic N) is 3.